The Morgan fingerprint density at radius 1 is 1.27 bits per heavy atom. The van der Waals surface area contributed by atoms with Gasteiger partial charge in [0.05, 0.1) is 18.3 Å². The van der Waals surface area contributed by atoms with E-state index in [2.05, 4.69) is 39.9 Å². The van der Waals surface area contributed by atoms with Gasteiger partial charge in [0.2, 0.25) is 11.1 Å². The Balaban J connectivity index is 1.56. The molecule has 8 heteroatoms. The minimum atomic E-state index is -0.0111. The van der Waals surface area contributed by atoms with Crippen molar-refractivity contribution in [3.05, 3.63) is 58.3 Å². The van der Waals surface area contributed by atoms with Gasteiger partial charge in [-0.05, 0) is 33.9 Å². The van der Waals surface area contributed by atoms with E-state index in [1.165, 1.54) is 16.6 Å². The fraction of sp³-hybridized carbons (Fsp3) is 0.333. The Bertz CT molecular complexity index is 804. The van der Waals surface area contributed by atoms with Crippen LogP contribution in [0.1, 0.15) is 36.2 Å². The van der Waals surface area contributed by atoms with Crippen LogP contribution < -0.4 is 5.32 Å². The number of rotatable bonds is 9. The summed E-state index contributed by atoms with van der Waals surface area (Å²) in [5.74, 6) is 0.278. The second-order valence-electron chi connectivity index (χ2n) is 5.81. The number of carbonyl (C=O) groups is 1. The number of aromatic nitrogens is 4. The normalized spacial score (nSPS) is 12.0. The Hall–Kier alpha value is -2.19. The topological polar surface area (TPSA) is 72.7 Å². The summed E-state index contributed by atoms with van der Waals surface area (Å²) >= 11 is 3.02. The van der Waals surface area contributed by atoms with Gasteiger partial charge in [0, 0.05) is 4.88 Å². The van der Waals surface area contributed by atoms with Crippen molar-refractivity contribution in [1.82, 2.24) is 25.5 Å². The van der Waals surface area contributed by atoms with Gasteiger partial charge >= 0.3 is 0 Å². The second kappa shape index (κ2) is 9.49. The van der Waals surface area contributed by atoms with Gasteiger partial charge in [0.1, 0.15) is 0 Å². The van der Waals surface area contributed by atoms with Crippen LogP contribution in [0.3, 0.4) is 0 Å². The van der Waals surface area contributed by atoms with E-state index in [4.69, 9.17) is 0 Å². The van der Waals surface area contributed by atoms with E-state index >= 15 is 0 Å². The van der Waals surface area contributed by atoms with E-state index in [-0.39, 0.29) is 17.7 Å². The lowest BCUT2D eigenvalue weighted by Gasteiger charge is -2.18. The van der Waals surface area contributed by atoms with Gasteiger partial charge in [-0.2, -0.15) is 0 Å². The summed E-state index contributed by atoms with van der Waals surface area (Å²) in [6.45, 7) is 2.74. The molecule has 0 aliphatic heterocycles. The molecule has 0 spiro atoms. The lowest BCUT2D eigenvalue weighted by atomic mass is 10.0. The molecule has 2 heterocycles. The molecule has 26 heavy (non-hydrogen) atoms. The highest BCUT2D eigenvalue weighted by Crippen LogP contribution is 2.20. The molecule has 1 unspecified atom stereocenters. The van der Waals surface area contributed by atoms with Gasteiger partial charge in [-0.25, -0.2) is 4.68 Å². The van der Waals surface area contributed by atoms with Crippen molar-refractivity contribution in [3.8, 4) is 0 Å². The predicted molar refractivity (Wildman–Crippen MR) is 104 cm³/mol. The summed E-state index contributed by atoms with van der Waals surface area (Å²) in [6.07, 6.45) is 1.92. The molecule has 1 atom stereocenters. The van der Waals surface area contributed by atoms with Crippen LogP contribution in [0.4, 0.5) is 0 Å². The fourth-order valence-electron chi connectivity index (χ4n) is 2.61. The maximum absolute atomic E-state index is 12.4. The number of benzene rings is 1. The maximum atomic E-state index is 12.4. The van der Waals surface area contributed by atoms with Gasteiger partial charge < -0.3 is 5.32 Å². The van der Waals surface area contributed by atoms with Crippen LogP contribution in [0.15, 0.2) is 53.0 Å². The van der Waals surface area contributed by atoms with Gasteiger partial charge in [0.25, 0.3) is 0 Å². The molecule has 0 bridgehead atoms. The fourth-order valence-corrected chi connectivity index (χ4v) is 3.99. The van der Waals surface area contributed by atoms with Crippen LogP contribution in [0, 0.1) is 0 Å². The number of thioether (sulfide) groups is 1. The summed E-state index contributed by atoms with van der Waals surface area (Å²) in [5, 5.41) is 17.6. The van der Waals surface area contributed by atoms with E-state index in [0.29, 0.717) is 11.7 Å². The summed E-state index contributed by atoms with van der Waals surface area (Å²) in [7, 11) is 0. The van der Waals surface area contributed by atoms with Crippen molar-refractivity contribution in [3.63, 3.8) is 0 Å². The molecular formula is C18H21N5OS2. The maximum Gasteiger partial charge on any atom is 0.230 e. The molecular weight excluding hydrogens is 366 g/mol. The number of hydrogen-bond acceptors (Lipinski definition) is 6. The van der Waals surface area contributed by atoms with Crippen LogP contribution in [-0.4, -0.2) is 31.9 Å². The van der Waals surface area contributed by atoms with Crippen molar-refractivity contribution in [1.29, 1.82) is 0 Å². The molecule has 136 valence electrons. The predicted octanol–water partition coefficient (Wildman–Crippen LogP) is 3.53. The molecule has 0 saturated heterocycles. The van der Waals surface area contributed by atoms with E-state index < -0.39 is 0 Å². The Labute approximate surface area is 161 Å². The van der Waals surface area contributed by atoms with Crippen LogP contribution >= 0.6 is 23.1 Å². The van der Waals surface area contributed by atoms with Gasteiger partial charge in [-0.15, -0.1) is 16.4 Å². The van der Waals surface area contributed by atoms with Gasteiger partial charge in [-0.1, -0.05) is 61.5 Å². The Morgan fingerprint density at radius 3 is 2.85 bits per heavy atom. The minimum absolute atomic E-state index is 0.0111. The highest BCUT2D eigenvalue weighted by atomic mass is 32.2. The lowest BCUT2D eigenvalue weighted by Crippen LogP contribution is -2.30. The smallest absolute Gasteiger partial charge is 0.230 e. The number of hydrogen-bond donors (Lipinski definition) is 1. The molecule has 0 fully saturated rings. The standard InChI is InChI=1S/C18H21N5OS2/c1-2-7-16(14-8-4-3-5-9-14)19-17(24)13-26-18-20-21-22-23(18)12-15-10-6-11-25-15/h3-6,8-11,16H,2,7,12-13H2,1H3,(H,19,24). The van der Waals surface area contributed by atoms with Crippen LogP contribution in [0.25, 0.3) is 0 Å². The number of amides is 1. The SMILES string of the molecule is CCCC(NC(=O)CSc1nnnn1Cc1cccs1)c1ccccc1. The first-order chi connectivity index (χ1) is 12.8. The van der Waals surface area contributed by atoms with E-state index in [0.717, 1.165) is 18.4 Å². The molecule has 3 rings (SSSR count). The van der Waals surface area contributed by atoms with Gasteiger partial charge in [0.15, 0.2) is 0 Å². The molecule has 3 aromatic rings. The van der Waals surface area contributed by atoms with E-state index in [1.807, 2.05) is 35.7 Å². The molecule has 1 aromatic carbocycles. The monoisotopic (exact) mass is 387 g/mol. The number of thiophene rings is 1. The highest BCUT2D eigenvalue weighted by Gasteiger charge is 2.15. The zero-order chi connectivity index (χ0) is 18.2. The molecule has 0 aliphatic carbocycles. The number of carbonyl (C=O) groups excluding carboxylic acids is 1. The Morgan fingerprint density at radius 2 is 2.12 bits per heavy atom. The third-order valence-electron chi connectivity index (χ3n) is 3.83. The second-order valence-corrected chi connectivity index (χ2v) is 7.78. The lowest BCUT2D eigenvalue weighted by molar-refractivity contribution is -0.119. The van der Waals surface area contributed by atoms with Crippen molar-refractivity contribution in [2.24, 2.45) is 0 Å². The van der Waals surface area contributed by atoms with Crippen molar-refractivity contribution in [2.75, 3.05) is 5.75 Å². The first-order valence-electron chi connectivity index (χ1n) is 8.52. The average Bonchev–Trinajstić information content (AvgIpc) is 3.33. The van der Waals surface area contributed by atoms with E-state index in [9.17, 15) is 4.79 Å². The zero-order valence-corrected chi connectivity index (χ0v) is 16.2. The Kier molecular flexibility index (Phi) is 6.79. The zero-order valence-electron chi connectivity index (χ0n) is 14.5. The van der Waals surface area contributed by atoms with Crippen molar-refractivity contribution < 1.29 is 4.79 Å². The quantitative estimate of drug-likeness (QED) is 0.569. The summed E-state index contributed by atoms with van der Waals surface area (Å²) < 4.78 is 1.73. The minimum Gasteiger partial charge on any atom is -0.349 e. The molecule has 0 radical (unpaired) electrons. The first kappa shape index (κ1) is 18.6. The third-order valence-corrected chi connectivity index (χ3v) is 5.65. The third kappa shape index (κ3) is 5.15. The highest BCUT2D eigenvalue weighted by molar-refractivity contribution is 7.99. The number of nitrogens with one attached hydrogen (secondary N) is 1. The van der Waals surface area contributed by atoms with Crippen LogP contribution in [0.5, 0.6) is 0 Å². The molecule has 6 nitrogen and oxygen atoms in total. The van der Waals surface area contributed by atoms with Gasteiger partial charge in [-0.3, -0.25) is 4.79 Å². The van der Waals surface area contributed by atoms with Crippen LogP contribution in [0.2, 0.25) is 0 Å². The summed E-state index contributed by atoms with van der Waals surface area (Å²) in [5.41, 5.74) is 1.13. The number of nitrogens with zero attached hydrogens (tertiary/aromatic N) is 4. The molecule has 0 saturated carbocycles. The summed E-state index contributed by atoms with van der Waals surface area (Å²) in [4.78, 5) is 13.6. The average molecular weight is 388 g/mol. The van der Waals surface area contributed by atoms with E-state index in [1.54, 1.807) is 16.0 Å². The van der Waals surface area contributed by atoms with Crippen molar-refractivity contribution >= 4 is 29.0 Å². The largest absolute Gasteiger partial charge is 0.349 e. The first-order valence-corrected chi connectivity index (χ1v) is 10.4. The summed E-state index contributed by atoms with van der Waals surface area (Å²) in [6, 6.07) is 14.2. The number of tetrazole rings is 1. The molecule has 0 aliphatic rings. The van der Waals surface area contributed by atoms with Crippen LogP contribution in [-0.2, 0) is 11.3 Å². The molecule has 2 aromatic heterocycles. The molecule has 1 amide bonds. The molecule has 1 N–H and O–H groups in total. The van der Waals surface area contributed by atoms with Crippen molar-refractivity contribution in [2.45, 2.75) is 37.5 Å².